The van der Waals surface area contributed by atoms with Gasteiger partial charge in [0.1, 0.15) is 17.7 Å². The van der Waals surface area contributed by atoms with Gasteiger partial charge in [0.05, 0.1) is 0 Å². The molecule has 0 saturated carbocycles. The van der Waals surface area contributed by atoms with Crippen LogP contribution in [0.25, 0.3) is 0 Å². The Morgan fingerprint density at radius 3 is 2.34 bits per heavy atom. The molecule has 2 rings (SSSR count). The Morgan fingerprint density at radius 2 is 1.71 bits per heavy atom. The van der Waals surface area contributed by atoms with Crippen LogP contribution in [0.3, 0.4) is 0 Å². The fourth-order valence-electron chi connectivity index (χ4n) is 4.61. The molecule has 3 amide bonds. The number of carbonyl (C=O) groups excluding carboxylic acids is 3. The third kappa shape index (κ3) is 11.8. The summed E-state index contributed by atoms with van der Waals surface area (Å²) in [4.78, 5) is 42.9. The zero-order valence-electron chi connectivity index (χ0n) is 25.9. The maximum atomic E-state index is 14.4. The van der Waals surface area contributed by atoms with Crippen molar-refractivity contribution in [1.82, 2.24) is 15.5 Å². The maximum absolute atomic E-state index is 14.4. The van der Waals surface area contributed by atoms with Crippen molar-refractivity contribution in [1.29, 1.82) is 0 Å². The number of nitrogens with one attached hydrogen (secondary N) is 2. The van der Waals surface area contributed by atoms with Gasteiger partial charge in [0, 0.05) is 13.1 Å². The van der Waals surface area contributed by atoms with Gasteiger partial charge >= 0.3 is 6.09 Å². The lowest BCUT2D eigenvalue weighted by atomic mass is 9.95. The average Bonchev–Trinajstić information content (AvgIpc) is 2.92. The second kappa shape index (κ2) is 17.1. The molecule has 0 heterocycles. The molecule has 2 atom stereocenters. The summed E-state index contributed by atoms with van der Waals surface area (Å²) in [6.45, 7) is 12.2. The molecule has 0 aliphatic rings. The zero-order valence-corrected chi connectivity index (χ0v) is 26.7. The van der Waals surface area contributed by atoms with Gasteiger partial charge in [-0.25, -0.2) is 4.79 Å². The van der Waals surface area contributed by atoms with Crippen molar-refractivity contribution in [3.05, 3.63) is 70.8 Å². The smallest absolute Gasteiger partial charge is 0.408 e. The topological polar surface area (TPSA) is 87.7 Å². The van der Waals surface area contributed by atoms with Crippen LogP contribution in [0.1, 0.15) is 88.1 Å². The van der Waals surface area contributed by atoms with Crippen LogP contribution in [0.2, 0.25) is 0 Å². The van der Waals surface area contributed by atoms with E-state index < -0.39 is 23.8 Å². The van der Waals surface area contributed by atoms with Crippen molar-refractivity contribution in [2.24, 2.45) is 0 Å². The molecule has 2 unspecified atom stereocenters. The third-order valence-electron chi connectivity index (χ3n) is 6.73. The minimum absolute atomic E-state index is 0.243. The van der Waals surface area contributed by atoms with Gasteiger partial charge in [-0.1, -0.05) is 80.3 Å². The van der Waals surface area contributed by atoms with Crippen LogP contribution >= 0.6 is 11.8 Å². The van der Waals surface area contributed by atoms with E-state index in [9.17, 15) is 14.4 Å². The lowest BCUT2D eigenvalue weighted by Gasteiger charge is -2.35. The number of amides is 3. The van der Waals surface area contributed by atoms with Crippen molar-refractivity contribution in [2.45, 2.75) is 97.9 Å². The van der Waals surface area contributed by atoms with Crippen LogP contribution in [0.15, 0.2) is 48.5 Å². The Bertz CT molecular complexity index is 1120. The van der Waals surface area contributed by atoms with Crippen LogP contribution in [-0.2, 0) is 20.9 Å². The van der Waals surface area contributed by atoms with Crippen molar-refractivity contribution in [3.8, 4) is 0 Å². The van der Waals surface area contributed by atoms with Crippen molar-refractivity contribution in [2.75, 3.05) is 18.6 Å². The van der Waals surface area contributed by atoms with Crippen molar-refractivity contribution in [3.63, 3.8) is 0 Å². The first-order valence-electron chi connectivity index (χ1n) is 14.6. The molecule has 0 spiro atoms. The van der Waals surface area contributed by atoms with E-state index in [1.165, 1.54) is 0 Å². The van der Waals surface area contributed by atoms with E-state index in [0.29, 0.717) is 25.3 Å². The highest BCUT2D eigenvalue weighted by atomic mass is 32.2. The second-order valence-electron chi connectivity index (χ2n) is 11.5. The number of ether oxygens (including phenoxy) is 1. The number of hydrogen-bond donors (Lipinski definition) is 2. The van der Waals surface area contributed by atoms with E-state index in [1.807, 2.05) is 68.6 Å². The molecule has 8 heteroatoms. The quantitative estimate of drug-likeness (QED) is 0.227. The summed E-state index contributed by atoms with van der Waals surface area (Å²) >= 11 is 1.60. The molecule has 2 aromatic carbocycles. The zero-order chi connectivity index (χ0) is 30.4. The van der Waals surface area contributed by atoms with E-state index in [4.69, 9.17) is 4.74 Å². The number of nitrogens with zero attached hydrogens (tertiary/aromatic N) is 1. The molecule has 0 saturated heterocycles. The van der Waals surface area contributed by atoms with Gasteiger partial charge in [-0.3, -0.25) is 9.59 Å². The Kier molecular flexibility index (Phi) is 14.2. The molecule has 0 bridgehead atoms. The number of unbranched alkanes of at least 4 members (excludes halogenated alkanes) is 3. The Hall–Kier alpha value is -3.00. The number of hydrogen-bond acceptors (Lipinski definition) is 5. The molecular formula is C33H49N3O4S. The predicted octanol–water partition coefficient (Wildman–Crippen LogP) is 6.72. The van der Waals surface area contributed by atoms with Crippen molar-refractivity contribution >= 4 is 29.7 Å². The summed E-state index contributed by atoms with van der Waals surface area (Å²) in [6.07, 6.45) is 5.56. The molecular weight excluding hydrogens is 534 g/mol. The fourth-order valence-corrected chi connectivity index (χ4v) is 5.08. The van der Waals surface area contributed by atoms with Gasteiger partial charge in [0.15, 0.2) is 0 Å². The number of benzene rings is 2. The first-order chi connectivity index (χ1) is 19.5. The molecule has 0 aliphatic carbocycles. The molecule has 0 radical (unpaired) electrons. The number of rotatable bonds is 15. The SMILES string of the molecule is CCCCCCN(C(=O)C(CCSC)NC(=O)OC(C)(C)C)C(C(=O)NCc1ccccc1)c1cc(C)ccc1C. The molecule has 0 aliphatic heterocycles. The van der Waals surface area contributed by atoms with Gasteiger partial charge in [0.25, 0.3) is 0 Å². The molecule has 2 N–H and O–H groups in total. The summed E-state index contributed by atoms with van der Waals surface area (Å²) in [5, 5.41) is 5.91. The summed E-state index contributed by atoms with van der Waals surface area (Å²) in [5.74, 6) is 0.152. The summed E-state index contributed by atoms with van der Waals surface area (Å²) in [6, 6.07) is 14.1. The number of alkyl carbamates (subject to hydrolysis) is 1. The van der Waals surface area contributed by atoms with E-state index in [1.54, 1.807) is 37.4 Å². The monoisotopic (exact) mass is 583 g/mol. The Morgan fingerprint density at radius 1 is 1.00 bits per heavy atom. The molecule has 2 aromatic rings. The number of carbonyl (C=O) groups is 3. The first kappa shape index (κ1) is 34.2. The van der Waals surface area contributed by atoms with E-state index in [0.717, 1.165) is 47.9 Å². The highest BCUT2D eigenvalue weighted by Gasteiger charge is 2.36. The summed E-state index contributed by atoms with van der Waals surface area (Å²) < 4.78 is 5.50. The maximum Gasteiger partial charge on any atom is 0.408 e. The fraction of sp³-hybridized carbons (Fsp3) is 0.545. The highest BCUT2D eigenvalue weighted by molar-refractivity contribution is 7.98. The molecule has 7 nitrogen and oxygen atoms in total. The minimum Gasteiger partial charge on any atom is -0.444 e. The normalized spacial score (nSPS) is 12.8. The van der Waals surface area contributed by atoms with Crippen LogP contribution in [0, 0.1) is 13.8 Å². The van der Waals surface area contributed by atoms with Gasteiger partial charge in [-0.15, -0.1) is 0 Å². The van der Waals surface area contributed by atoms with E-state index in [2.05, 4.69) is 17.6 Å². The average molecular weight is 584 g/mol. The lowest BCUT2D eigenvalue weighted by molar-refractivity contribution is -0.142. The van der Waals surface area contributed by atoms with Crippen LogP contribution in [0.4, 0.5) is 4.79 Å². The largest absolute Gasteiger partial charge is 0.444 e. The van der Waals surface area contributed by atoms with Crippen LogP contribution < -0.4 is 10.6 Å². The van der Waals surface area contributed by atoms with Gasteiger partial charge in [0.2, 0.25) is 11.8 Å². The molecule has 0 fully saturated rings. The van der Waals surface area contributed by atoms with Gasteiger partial charge < -0.3 is 20.3 Å². The van der Waals surface area contributed by atoms with Crippen LogP contribution in [0.5, 0.6) is 0 Å². The third-order valence-corrected chi connectivity index (χ3v) is 7.38. The molecule has 41 heavy (non-hydrogen) atoms. The van der Waals surface area contributed by atoms with E-state index >= 15 is 0 Å². The minimum atomic E-state index is -0.843. The second-order valence-corrected chi connectivity index (χ2v) is 12.5. The van der Waals surface area contributed by atoms with Gasteiger partial charge in [-0.05, 0) is 76.2 Å². The standard InChI is InChI=1S/C33H49N3O4S/c1-8-9-10-14-20-36(31(38)28(19-21-41-7)35-32(39)40-33(4,5)6)29(27-22-24(2)17-18-25(27)3)30(37)34-23-26-15-12-11-13-16-26/h11-13,15-18,22,28-29H,8-10,14,19-21,23H2,1-7H3,(H,34,37)(H,35,39). The molecule has 0 aromatic heterocycles. The van der Waals surface area contributed by atoms with Crippen LogP contribution in [-0.4, -0.2) is 53.0 Å². The number of thioether (sulfide) groups is 1. The summed E-state index contributed by atoms with van der Waals surface area (Å²) in [7, 11) is 0. The Balaban J connectivity index is 2.51. The lowest BCUT2D eigenvalue weighted by Crippen LogP contribution is -2.53. The predicted molar refractivity (Wildman–Crippen MR) is 169 cm³/mol. The number of aryl methyl sites for hydroxylation is 2. The van der Waals surface area contributed by atoms with E-state index in [-0.39, 0.29) is 11.8 Å². The van der Waals surface area contributed by atoms with Crippen molar-refractivity contribution < 1.29 is 19.1 Å². The summed E-state index contributed by atoms with van der Waals surface area (Å²) in [5.41, 5.74) is 3.01. The van der Waals surface area contributed by atoms with Gasteiger partial charge in [-0.2, -0.15) is 11.8 Å². The Labute approximate surface area is 251 Å². The highest BCUT2D eigenvalue weighted by Crippen LogP contribution is 2.28. The first-order valence-corrected chi connectivity index (χ1v) is 16.0. The molecule has 226 valence electrons.